The zero-order valence-corrected chi connectivity index (χ0v) is 15.1. The van der Waals surface area contributed by atoms with Crippen molar-refractivity contribution in [3.05, 3.63) is 78.6 Å². The van der Waals surface area contributed by atoms with E-state index < -0.39 is 5.91 Å². The summed E-state index contributed by atoms with van der Waals surface area (Å²) in [7, 11) is 0. The maximum atomic E-state index is 12.1. The largest absolute Gasteiger partial charge is 0.493 e. The standard InChI is InChI=1S/C21H20N4O3/c22-20(26)12-13-28-19-9-7-17(8-10-19)24-21(27)11-6-16-14-23-25(15-16)18-4-2-1-3-5-18/h1-11,14-15H,12-13H2,(H2,22,26)(H,24,27). The molecule has 142 valence electrons. The van der Waals surface area contributed by atoms with Gasteiger partial charge in [0.1, 0.15) is 5.75 Å². The van der Waals surface area contributed by atoms with Crippen LogP contribution in [0, 0.1) is 0 Å². The van der Waals surface area contributed by atoms with Gasteiger partial charge in [0.15, 0.2) is 0 Å². The number of primary amides is 1. The molecular formula is C21H20N4O3. The van der Waals surface area contributed by atoms with Gasteiger partial charge in [-0.3, -0.25) is 9.59 Å². The molecule has 0 unspecified atom stereocenters. The third kappa shape index (κ3) is 5.57. The average Bonchev–Trinajstić information content (AvgIpc) is 3.17. The monoisotopic (exact) mass is 376 g/mol. The van der Waals surface area contributed by atoms with E-state index in [1.54, 1.807) is 41.2 Å². The van der Waals surface area contributed by atoms with Gasteiger partial charge in [-0.05, 0) is 42.5 Å². The SMILES string of the molecule is NC(=O)CCOc1ccc(NC(=O)C=Cc2cnn(-c3ccccc3)c2)cc1. The molecule has 1 aromatic heterocycles. The zero-order valence-electron chi connectivity index (χ0n) is 15.1. The number of para-hydroxylation sites is 1. The minimum Gasteiger partial charge on any atom is -0.493 e. The molecule has 0 aliphatic carbocycles. The lowest BCUT2D eigenvalue weighted by atomic mass is 10.3. The van der Waals surface area contributed by atoms with Crippen molar-refractivity contribution in [1.82, 2.24) is 9.78 Å². The third-order valence-electron chi connectivity index (χ3n) is 3.79. The number of aromatic nitrogens is 2. The molecule has 2 aromatic carbocycles. The molecule has 2 amide bonds. The summed E-state index contributed by atoms with van der Waals surface area (Å²) in [6.07, 6.45) is 6.84. The van der Waals surface area contributed by atoms with E-state index in [2.05, 4.69) is 10.4 Å². The van der Waals surface area contributed by atoms with E-state index in [1.165, 1.54) is 6.08 Å². The van der Waals surface area contributed by atoms with Crippen LogP contribution in [0.3, 0.4) is 0 Å². The Bertz CT molecular complexity index is 963. The molecule has 0 aliphatic heterocycles. The van der Waals surface area contributed by atoms with Gasteiger partial charge >= 0.3 is 0 Å². The van der Waals surface area contributed by atoms with Crippen LogP contribution in [0.25, 0.3) is 11.8 Å². The number of nitrogens with two attached hydrogens (primary N) is 1. The number of nitrogens with one attached hydrogen (secondary N) is 1. The van der Waals surface area contributed by atoms with E-state index in [0.29, 0.717) is 11.4 Å². The van der Waals surface area contributed by atoms with E-state index in [0.717, 1.165) is 11.3 Å². The second-order valence-electron chi connectivity index (χ2n) is 5.97. The second-order valence-corrected chi connectivity index (χ2v) is 5.97. The minimum absolute atomic E-state index is 0.157. The lowest BCUT2D eigenvalue weighted by Gasteiger charge is -2.06. The molecule has 0 aliphatic rings. The number of benzene rings is 2. The topological polar surface area (TPSA) is 99.2 Å². The predicted molar refractivity (Wildman–Crippen MR) is 107 cm³/mol. The summed E-state index contributed by atoms with van der Waals surface area (Å²) in [6, 6.07) is 16.6. The summed E-state index contributed by atoms with van der Waals surface area (Å²) < 4.78 is 7.13. The van der Waals surface area contributed by atoms with Crippen molar-refractivity contribution in [3.8, 4) is 11.4 Å². The molecule has 3 N–H and O–H groups in total. The number of amides is 2. The normalized spacial score (nSPS) is 10.7. The zero-order chi connectivity index (χ0) is 19.8. The fraction of sp³-hybridized carbons (Fsp3) is 0.0952. The van der Waals surface area contributed by atoms with Crippen LogP contribution < -0.4 is 15.8 Å². The number of hydrogen-bond acceptors (Lipinski definition) is 4. The van der Waals surface area contributed by atoms with Crippen molar-refractivity contribution in [2.24, 2.45) is 5.73 Å². The van der Waals surface area contributed by atoms with Gasteiger partial charge in [0.25, 0.3) is 0 Å². The maximum absolute atomic E-state index is 12.1. The Balaban J connectivity index is 1.52. The summed E-state index contributed by atoms with van der Waals surface area (Å²) in [5.74, 6) is -0.0667. The quantitative estimate of drug-likeness (QED) is 0.591. The van der Waals surface area contributed by atoms with Gasteiger partial charge in [0.05, 0.1) is 24.9 Å². The van der Waals surface area contributed by atoms with Gasteiger partial charge in [0, 0.05) is 23.5 Å². The molecule has 0 saturated carbocycles. The van der Waals surface area contributed by atoms with Gasteiger partial charge in [-0.2, -0.15) is 5.10 Å². The molecule has 0 radical (unpaired) electrons. The maximum Gasteiger partial charge on any atom is 0.248 e. The Hall–Kier alpha value is -3.87. The van der Waals surface area contributed by atoms with Crippen LogP contribution in [0.15, 0.2) is 73.1 Å². The molecule has 0 bridgehead atoms. The molecule has 3 aromatic rings. The fourth-order valence-electron chi connectivity index (χ4n) is 2.40. The lowest BCUT2D eigenvalue weighted by Crippen LogP contribution is -2.14. The third-order valence-corrected chi connectivity index (χ3v) is 3.79. The lowest BCUT2D eigenvalue weighted by molar-refractivity contribution is -0.118. The summed E-state index contributed by atoms with van der Waals surface area (Å²) in [5.41, 5.74) is 7.46. The van der Waals surface area contributed by atoms with Crippen LogP contribution >= 0.6 is 0 Å². The molecule has 0 atom stereocenters. The number of carbonyl (C=O) groups excluding carboxylic acids is 2. The number of anilines is 1. The van der Waals surface area contributed by atoms with E-state index in [1.807, 2.05) is 36.5 Å². The Labute approximate surface area is 162 Å². The van der Waals surface area contributed by atoms with Crippen LogP contribution in [0.5, 0.6) is 5.75 Å². The van der Waals surface area contributed by atoms with Gasteiger partial charge in [-0.25, -0.2) is 4.68 Å². The molecule has 28 heavy (non-hydrogen) atoms. The number of carbonyl (C=O) groups is 2. The number of nitrogens with zero attached hydrogens (tertiary/aromatic N) is 2. The first-order chi connectivity index (χ1) is 13.6. The average molecular weight is 376 g/mol. The molecule has 7 heteroatoms. The summed E-state index contributed by atoms with van der Waals surface area (Å²) >= 11 is 0. The van der Waals surface area contributed by atoms with Crippen LogP contribution in [-0.4, -0.2) is 28.2 Å². The van der Waals surface area contributed by atoms with E-state index in [9.17, 15) is 9.59 Å². The molecule has 3 rings (SSSR count). The van der Waals surface area contributed by atoms with Crippen molar-refractivity contribution in [2.45, 2.75) is 6.42 Å². The smallest absolute Gasteiger partial charge is 0.248 e. The first-order valence-electron chi connectivity index (χ1n) is 8.70. The minimum atomic E-state index is -0.412. The number of rotatable bonds is 8. The Morgan fingerprint density at radius 2 is 1.86 bits per heavy atom. The Morgan fingerprint density at radius 1 is 1.11 bits per heavy atom. The highest BCUT2D eigenvalue weighted by Crippen LogP contribution is 2.16. The Kier molecular flexibility index (Phi) is 6.20. The van der Waals surface area contributed by atoms with Gasteiger partial charge in [0.2, 0.25) is 11.8 Å². The van der Waals surface area contributed by atoms with Gasteiger partial charge in [-0.1, -0.05) is 18.2 Å². The number of hydrogen-bond donors (Lipinski definition) is 2. The molecule has 1 heterocycles. The summed E-state index contributed by atoms with van der Waals surface area (Å²) in [4.78, 5) is 22.8. The summed E-state index contributed by atoms with van der Waals surface area (Å²) in [6.45, 7) is 0.223. The van der Waals surface area contributed by atoms with Gasteiger partial charge < -0.3 is 15.8 Å². The van der Waals surface area contributed by atoms with Crippen molar-refractivity contribution in [2.75, 3.05) is 11.9 Å². The van der Waals surface area contributed by atoms with Crippen LogP contribution in [0.2, 0.25) is 0 Å². The number of ether oxygens (including phenoxy) is 1. The van der Waals surface area contributed by atoms with Crippen molar-refractivity contribution < 1.29 is 14.3 Å². The molecule has 7 nitrogen and oxygen atoms in total. The van der Waals surface area contributed by atoms with Crippen molar-refractivity contribution in [1.29, 1.82) is 0 Å². The highest BCUT2D eigenvalue weighted by atomic mass is 16.5. The first kappa shape index (κ1) is 18.9. The molecule has 0 fully saturated rings. The molecule has 0 saturated heterocycles. The van der Waals surface area contributed by atoms with E-state index >= 15 is 0 Å². The van der Waals surface area contributed by atoms with Crippen molar-refractivity contribution >= 4 is 23.6 Å². The first-order valence-corrected chi connectivity index (χ1v) is 8.70. The van der Waals surface area contributed by atoms with Crippen LogP contribution in [0.4, 0.5) is 5.69 Å². The van der Waals surface area contributed by atoms with Crippen LogP contribution in [-0.2, 0) is 9.59 Å². The highest BCUT2D eigenvalue weighted by Gasteiger charge is 2.02. The summed E-state index contributed by atoms with van der Waals surface area (Å²) in [5, 5.41) is 7.05. The van der Waals surface area contributed by atoms with Gasteiger partial charge in [-0.15, -0.1) is 0 Å². The molecule has 0 spiro atoms. The van der Waals surface area contributed by atoms with E-state index in [-0.39, 0.29) is 18.9 Å². The predicted octanol–water partition coefficient (Wildman–Crippen LogP) is 2.78. The second kappa shape index (κ2) is 9.18. The van der Waals surface area contributed by atoms with Crippen molar-refractivity contribution in [3.63, 3.8) is 0 Å². The van der Waals surface area contributed by atoms with E-state index in [4.69, 9.17) is 10.5 Å². The fourth-order valence-corrected chi connectivity index (χ4v) is 2.40. The van der Waals surface area contributed by atoms with Crippen LogP contribution in [0.1, 0.15) is 12.0 Å². The highest BCUT2D eigenvalue weighted by molar-refractivity contribution is 6.01. The molecular weight excluding hydrogens is 356 g/mol. The Morgan fingerprint density at radius 3 is 2.57 bits per heavy atom.